The molecule has 0 spiro atoms. The average molecular weight is 291 g/mol. The highest BCUT2D eigenvalue weighted by Crippen LogP contribution is 1.99. The van der Waals surface area contributed by atoms with Crippen LogP contribution in [0, 0.1) is 5.92 Å². The Hall–Kier alpha value is -1.64. The Balaban J connectivity index is 3.61. The number of hydrogen-bond acceptors (Lipinski definition) is 2. The summed E-state index contributed by atoms with van der Waals surface area (Å²) in [5, 5.41) is 2.82. The van der Waals surface area contributed by atoms with Crippen molar-refractivity contribution >= 4 is 11.7 Å². The minimum Gasteiger partial charge on any atom is -0.352 e. The number of nitrogens with one attached hydrogen (secondary N) is 1. The largest absolute Gasteiger partial charge is 0.352 e. The van der Waals surface area contributed by atoms with Gasteiger partial charge in [0.25, 0.3) is 0 Å². The second-order valence-corrected chi connectivity index (χ2v) is 5.41. The summed E-state index contributed by atoms with van der Waals surface area (Å²) in [7, 11) is 0. The first-order valence-electron chi connectivity index (χ1n) is 7.84. The maximum Gasteiger partial charge on any atom is 0.243 e. The van der Waals surface area contributed by atoms with Gasteiger partial charge in [0.1, 0.15) is 5.78 Å². The molecule has 0 aliphatic carbocycles. The van der Waals surface area contributed by atoms with Crippen LogP contribution in [0.1, 0.15) is 52.9 Å². The number of unbranched alkanes of at least 4 members (excludes halogenated alkanes) is 1. The topological polar surface area (TPSA) is 46.2 Å². The molecule has 1 N–H and O–H groups in total. The van der Waals surface area contributed by atoms with Crippen LogP contribution in [0.2, 0.25) is 0 Å². The lowest BCUT2D eigenvalue weighted by molar-refractivity contribution is -0.118. The van der Waals surface area contributed by atoms with Crippen molar-refractivity contribution in [2.24, 2.45) is 5.92 Å². The molecule has 3 nitrogen and oxygen atoms in total. The van der Waals surface area contributed by atoms with Gasteiger partial charge in [-0.3, -0.25) is 9.59 Å². The van der Waals surface area contributed by atoms with Crippen molar-refractivity contribution in [1.82, 2.24) is 5.32 Å². The zero-order valence-corrected chi connectivity index (χ0v) is 13.6. The van der Waals surface area contributed by atoms with Gasteiger partial charge >= 0.3 is 0 Å². The third-order valence-corrected chi connectivity index (χ3v) is 2.83. The first-order chi connectivity index (χ1) is 10.1. The van der Waals surface area contributed by atoms with Crippen LogP contribution in [0.4, 0.5) is 0 Å². The van der Waals surface area contributed by atoms with Crippen molar-refractivity contribution in [2.75, 3.05) is 6.54 Å². The Bertz CT molecular complexity index is 379. The molecule has 0 aromatic carbocycles. The molecule has 118 valence electrons. The summed E-state index contributed by atoms with van der Waals surface area (Å²) in [6.07, 6.45) is 15.4. The monoisotopic (exact) mass is 291 g/mol. The number of carbonyl (C=O) groups is 2. The summed E-state index contributed by atoms with van der Waals surface area (Å²) >= 11 is 0. The maximum atomic E-state index is 11.4. The molecule has 21 heavy (non-hydrogen) atoms. The molecule has 0 saturated carbocycles. The van der Waals surface area contributed by atoms with E-state index >= 15 is 0 Å². The van der Waals surface area contributed by atoms with Crippen LogP contribution >= 0.6 is 0 Å². The van der Waals surface area contributed by atoms with Crippen molar-refractivity contribution in [3.8, 4) is 0 Å². The average Bonchev–Trinajstić information content (AvgIpc) is 2.46. The highest BCUT2D eigenvalue weighted by molar-refractivity contribution is 5.87. The van der Waals surface area contributed by atoms with E-state index in [9.17, 15) is 9.59 Å². The predicted molar refractivity (Wildman–Crippen MR) is 89.0 cm³/mol. The van der Waals surface area contributed by atoms with E-state index in [4.69, 9.17) is 0 Å². The van der Waals surface area contributed by atoms with Crippen molar-refractivity contribution < 1.29 is 9.59 Å². The Morgan fingerprint density at radius 3 is 2.33 bits per heavy atom. The van der Waals surface area contributed by atoms with Gasteiger partial charge < -0.3 is 5.32 Å². The third kappa shape index (κ3) is 14.6. The smallest absolute Gasteiger partial charge is 0.243 e. The Kier molecular flexibility index (Phi) is 12.3. The Labute approximate surface area is 129 Å². The van der Waals surface area contributed by atoms with E-state index in [1.54, 1.807) is 12.2 Å². The predicted octanol–water partition coefficient (Wildman–Crippen LogP) is 3.97. The van der Waals surface area contributed by atoms with E-state index in [1.165, 1.54) is 0 Å². The standard InChI is InChI=1S/C18H29NO2/c1-4-17(20)13-11-9-7-5-6-8-10-12-14-18(21)19-15-16(2)3/h7-10,12,14,16H,4-6,11,13,15H2,1-3H3,(H,19,21). The molecular weight excluding hydrogens is 262 g/mol. The number of amides is 1. The van der Waals surface area contributed by atoms with Crippen molar-refractivity contribution in [3.05, 3.63) is 36.5 Å². The lowest BCUT2D eigenvalue weighted by Gasteiger charge is -2.03. The summed E-state index contributed by atoms with van der Waals surface area (Å²) in [5.41, 5.74) is 0. The summed E-state index contributed by atoms with van der Waals surface area (Å²) in [6, 6.07) is 0. The van der Waals surface area contributed by atoms with Crippen molar-refractivity contribution in [2.45, 2.75) is 52.9 Å². The van der Waals surface area contributed by atoms with Gasteiger partial charge in [0.15, 0.2) is 0 Å². The molecule has 0 heterocycles. The SMILES string of the molecule is CCC(=O)CCC=CCCC=CC=CC(=O)NCC(C)C. The number of rotatable bonds is 11. The number of hydrogen-bond donors (Lipinski definition) is 1. The minimum atomic E-state index is -0.0474. The van der Waals surface area contributed by atoms with Crippen LogP contribution in [0.15, 0.2) is 36.5 Å². The van der Waals surface area contributed by atoms with Gasteiger partial charge in [-0.25, -0.2) is 0 Å². The molecule has 0 atom stereocenters. The summed E-state index contributed by atoms with van der Waals surface area (Å²) in [6.45, 7) is 6.73. The number of carbonyl (C=O) groups excluding carboxylic acids is 2. The first-order valence-corrected chi connectivity index (χ1v) is 7.84. The molecule has 0 radical (unpaired) electrons. The van der Waals surface area contributed by atoms with Crippen molar-refractivity contribution in [1.29, 1.82) is 0 Å². The highest BCUT2D eigenvalue weighted by atomic mass is 16.1. The zero-order valence-electron chi connectivity index (χ0n) is 13.6. The lowest BCUT2D eigenvalue weighted by atomic mass is 10.1. The maximum absolute atomic E-state index is 11.4. The van der Waals surface area contributed by atoms with Gasteiger partial charge in [0.2, 0.25) is 5.91 Å². The van der Waals surface area contributed by atoms with Gasteiger partial charge in [-0.15, -0.1) is 0 Å². The van der Waals surface area contributed by atoms with Gasteiger partial charge in [-0.05, 0) is 25.2 Å². The molecule has 0 fully saturated rings. The fourth-order valence-corrected chi connectivity index (χ4v) is 1.53. The van der Waals surface area contributed by atoms with Crippen LogP contribution in [0.25, 0.3) is 0 Å². The minimum absolute atomic E-state index is 0.0474. The second kappa shape index (κ2) is 13.3. The molecule has 0 aromatic rings. The van der Waals surface area contributed by atoms with E-state index in [0.29, 0.717) is 31.1 Å². The van der Waals surface area contributed by atoms with E-state index in [1.807, 2.05) is 19.1 Å². The van der Waals surface area contributed by atoms with Crippen LogP contribution in [0.3, 0.4) is 0 Å². The molecule has 0 bridgehead atoms. The van der Waals surface area contributed by atoms with Gasteiger partial charge in [0, 0.05) is 25.5 Å². The summed E-state index contributed by atoms with van der Waals surface area (Å²) < 4.78 is 0. The quantitative estimate of drug-likeness (QED) is 0.271. The molecular formula is C18H29NO2. The Morgan fingerprint density at radius 2 is 1.67 bits per heavy atom. The molecule has 0 rings (SSSR count). The van der Waals surface area contributed by atoms with Crippen LogP contribution < -0.4 is 5.32 Å². The fraction of sp³-hybridized carbons (Fsp3) is 0.556. The summed E-state index contributed by atoms with van der Waals surface area (Å²) in [4.78, 5) is 22.4. The van der Waals surface area contributed by atoms with E-state index in [-0.39, 0.29) is 5.91 Å². The van der Waals surface area contributed by atoms with Crippen molar-refractivity contribution in [3.63, 3.8) is 0 Å². The number of allylic oxidation sites excluding steroid dienone is 5. The molecule has 0 aliphatic rings. The molecule has 0 aliphatic heterocycles. The summed E-state index contributed by atoms with van der Waals surface area (Å²) in [5.74, 6) is 0.742. The lowest BCUT2D eigenvalue weighted by Crippen LogP contribution is -2.25. The van der Waals surface area contributed by atoms with E-state index in [0.717, 1.165) is 19.3 Å². The second-order valence-electron chi connectivity index (χ2n) is 5.41. The van der Waals surface area contributed by atoms with Gasteiger partial charge in [-0.1, -0.05) is 51.2 Å². The number of ketones is 1. The number of Topliss-reactive ketones (excluding diaryl/α,β-unsaturated/α-hetero) is 1. The van der Waals surface area contributed by atoms with E-state index in [2.05, 4.69) is 31.3 Å². The molecule has 0 saturated heterocycles. The van der Waals surface area contributed by atoms with Gasteiger partial charge in [0.05, 0.1) is 0 Å². The molecule has 3 heteroatoms. The van der Waals surface area contributed by atoms with Gasteiger partial charge in [-0.2, -0.15) is 0 Å². The van der Waals surface area contributed by atoms with Crippen LogP contribution in [-0.2, 0) is 9.59 Å². The molecule has 0 unspecified atom stereocenters. The normalized spacial score (nSPS) is 12.0. The van der Waals surface area contributed by atoms with E-state index < -0.39 is 0 Å². The molecule has 0 aromatic heterocycles. The first kappa shape index (κ1) is 19.4. The zero-order chi connectivity index (χ0) is 15.9. The van der Waals surface area contributed by atoms with Crippen LogP contribution in [0.5, 0.6) is 0 Å². The van der Waals surface area contributed by atoms with Crippen LogP contribution in [-0.4, -0.2) is 18.2 Å². The Morgan fingerprint density at radius 1 is 1.00 bits per heavy atom. The fourth-order valence-electron chi connectivity index (χ4n) is 1.53. The third-order valence-electron chi connectivity index (χ3n) is 2.83. The molecule has 1 amide bonds. The highest BCUT2D eigenvalue weighted by Gasteiger charge is 1.96.